The molecule has 2 unspecified atom stereocenters. The normalized spacial score (nSPS) is 27.4. The van der Waals surface area contributed by atoms with Gasteiger partial charge in [-0.05, 0) is 30.6 Å². The molecule has 0 aromatic rings. The molecule has 2 aliphatic rings. The fraction of sp³-hybridized carbons (Fsp3) is 0.389. The van der Waals surface area contributed by atoms with Crippen molar-refractivity contribution in [2.75, 3.05) is 13.7 Å². The summed E-state index contributed by atoms with van der Waals surface area (Å²) in [6.07, 6.45) is 7.13. The standard InChI is InChI=1S/C18H22O5/c1-4-5-13(19)9-16-11(2)18(21)14(10-23-16)12-6-7-15(20)17(8-12)22-3/h5-6,8-9,14-15,19-20H,2,4,7,10H2,1,3H3/p+1/b13-5+,16-9+. The Balaban J connectivity index is 2.18. The van der Waals surface area contributed by atoms with Gasteiger partial charge in [0.2, 0.25) is 0 Å². The number of rotatable bonds is 4. The van der Waals surface area contributed by atoms with Gasteiger partial charge in [0.1, 0.15) is 41.5 Å². The van der Waals surface area contributed by atoms with Gasteiger partial charge >= 0.3 is 5.78 Å². The molecule has 0 aromatic heterocycles. The maximum atomic E-state index is 10.4. The summed E-state index contributed by atoms with van der Waals surface area (Å²) in [7, 11) is 1.50. The number of hydrogen-bond acceptors (Lipinski definition) is 4. The number of methoxy groups -OCH3 is 1. The SMILES string of the molecule is C=C1C(=[OH+])C(C2=CCC(O)C(OC)=C2)CO/C1=C/C(O)=C\CC. The zero-order chi connectivity index (χ0) is 17.0. The quantitative estimate of drug-likeness (QED) is 0.474. The van der Waals surface area contributed by atoms with Crippen molar-refractivity contribution in [3.63, 3.8) is 0 Å². The van der Waals surface area contributed by atoms with E-state index in [4.69, 9.17) is 9.47 Å². The third-order valence-electron chi connectivity index (χ3n) is 3.89. The van der Waals surface area contributed by atoms with E-state index in [1.807, 2.05) is 13.0 Å². The highest BCUT2D eigenvalue weighted by molar-refractivity contribution is 6.03. The molecule has 23 heavy (non-hydrogen) atoms. The highest BCUT2D eigenvalue weighted by Crippen LogP contribution is 2.32. The summed E-state index contributed by atoms with van der Waals surface area (Å²) < 4.78 is 10.8. The molecular weight excluding hydrogens is 296 g/mol. The van der Waals surface area contributed by atoms with Crippen LogP contribution in [0.25, 0.3) is 0 Å². The lowest BCUT2D eigenvalue weighted by atomic mass is 9.85. The molecule has 124 valence electrons. The molecule has 0 aromatic carbocycles. The van der Waals surface area contributed by atoms with Crippen LogP contribution in [-0.4, -0.2) is 40.6 Å². The predicted octanol–water partition coefficient (Wildman–Crippen LogP) is 2.69. The van der Waals surface area contributed by atoms with Crippen molar-refractivity contribution in [3.8, 4) is 0 Å². The number of ether oxygens (including phenoxy) is 2. The molecule has 0 saturated carbocycles. The highest BCUT2D eigenvalue weighted by Gasteiger charge is 2.38. The lowest BCUT2D eigenvalue weighted by Crippen LogP contribution is -2.31. The Hall–Kier alpha value is -2.27. The van der Waals surface area contributed by atoms with Gasteiger partial charge in [-0.2, -0.15) is 0 Å². The molecular formula is C18H23O5+. The van der Waals surface area contributed by atoms with Gasteiger partial charge in [-0.3, -0.25) is 4.79 Å². The van der Waals surface area contributed by atoms with E-state index in [1.165, 1.54) is 13.2 Å². The van der Waals surface area contributed by atoms with Gasteiger partial charge in [-0.1, -0.05) is 19.6 Å². The summed E-state index contributed by atoms with van der Waals surface area (Å²) in [6.45, 7) is 5.98. The Labute approximate surface area is 135 Å². The minimum atomic E-state index is -0.662. The maximum Gasteiger partial charge on any atom is 0.337 e. The molecule has 2 atom stereocenters. The van der Waals surface area contributed by atoms with Crippen LogP contribution < -0.4 is 0 Å². The molecule has 1 saturated heterocycles. The number of allylic oxidation sites excluding steroid dienone is 4. The van der Waals surface area contributed by atoms with Crippen LogP contribution in [0.1, 0.15) is 19.8 Å². The van der Waals surface area contributed by atoms with Gasteiger partial charge in [0, 0.05) is 6.08 Å². The van der Waals surface area contributed by atoms with E-state index < -0.39 is 6.10 Å². The topological polar surface area (TPSA) is 80.3 Å². The smallest absolute Gasteiger partial charge is 0.337 e. The third kappa shape index (κ3) is 3.74. The molecule has 5 heteroatoms. The summed E-state index contributed by atoms with van der Waals surface area (Å²) in [6, 6.07) is 0. The predicted molar refractivity (Wildman–Crippen MR) is 88.4 cm³/mol. The van der Waals surface area contributed by atoms with E-state index in [2.05, 4.69) is 6.58 Å². The first-order chi connectivity index (χ1) is 11.0. The van der Waals surface area contributed by atoms with E-state index in [0.717, 1.165) is 5.57 Å². The Kier molecular flexibility index (Phi) is 5.45. The molecule has 1 aliphatic carbocycles. The van der Waals surface area contributed by atoms with Crippen LogP contribution in [-0.2, 0) is 9.47 Å². The number of ketones is 1. The molecule has 0 spiro atoms. The van der Waals surface area contributed by atoms with Crippen molar-refractivity contribution in [2.24, 2.45) is 5.92 Å². The Bertz CT molecular complexity index is 621. The lowest BCUT2D eigenvalue weighted by molar-refractivity contribution is 0.126. The molecule has 0 radical (unpaired) electrons. The summed E-state index contributed by atoms with van der Waals surface area (Å²) in [5.41, 5.74) is 1.16. The van der Waals surface area contributed by atoms with Gasteiger partial charge in [0.05, 0.1) is 7.11 Å². The fourth-order valence-electron chi connectivity index (χ4n) is 2.58. The molecule has 5 nitrogen and oxygen atoms in total. The minimum absolute atomic E-state index is 0.0801. The minimum Gasteiger partial charge on any atom is -0.508 e. The van der Waals surface area contributed by atoms with Crippen LogP contribution in [0.4, 0.5) is 0 Å². The van der Waals surface area contributed by atoms with E-state index >= 15 is 0 Å². The van der Waals surface area contributed by atoms with E-state index in [0.29, 0.717) is 29.9 Å². The summed E-state index contributed by atoms with van der Waals surface area (Å²) in [5, 5.41) is 19.5. The largest absolute Gasteiger partial charge is 0.508 e. The molecule has 0 amide bonds. The molecule has 1 fully saturated rings. The molecule has 2 rings (SSSR count). The first-order valence-electron chi connectivity index (χ1n) is 7.60. The number of aliphatic hydroxyl groups excluding tert-OH is 2. The van der Waals surface area contributed by atoms with Crippen LogP contribution >= 0.6 is 0 Å². The molecule has 1 heterocycles. The second-order valence-corrected chi connectivity index (χ2v) is 5.48. The van der Waals surface area contributed by atoms with Gasteiger partial charge in [-0.15, -0.1) is 0 Å². The first kappa shape index (κ1) is 17.1. The number of aliphatic hydroxyl groups is 2. The Morgan fingerprint density at radius 1 is 1.57 bits per heavy atom. The van der Waals surface area contributed by atoms with Crippen molar-refractivity contribution < 1.29 is 24.5 Å². The van der Waals surface area contributed by atoms with Crippen LogP contribution in [0, 0.1) is 5.92 Å². The molecule has 1 aliphatic heterocycles. The highest BCUT2D eigenvalue weighted by atomic mass is 16.5. The fourth-order valence-corrected chi connectivity index (χ4v) is 2.58. The third-order valence-corrected chi connectivity index (χ3v) is 3.89. The van der Waals surface area contributed by atoms with Crippen LogP contribution in [0.3, 0.4) is 0 Å². The Morgan fingerprint density at radius 3 is 2.96 bits per heavy atom. The first-order valence-corrected chi connectivity index (χ1v) is 7.60. The van der Waals surface area contributed by atoms with Gasteiger partial charge in [-0.25, -0.2) is 0 Å². The van der Waals surface area contributed by atoms with Gasteiger partial charge in [0.15, 0.2) is 0 Å². The summed E-state index contributed by atoms with van der Waals surface area (Å²) >= 11 is 0. The summed E-state index contributed by atoms with van der Waals surface area (Å²) in [4.78, 5) is 10.4. The van der Waals surface area contributed by atoms with Crippen LogP contribution in [0.2, 0.25) is 0 Å². The van der Waals surface area contributed by atoms with E-state index in [9.17, 15) is 15.0 Å². The van der Waals surface area contributed by atoms with Gasteiger partial charge in [0.25, 0.3) is 0 Å². The van der Waals surface area contributed by atoms with Crippen molar-refractivity contribution in [2.45, 2.75) is 25.9 Å². The maximum absolute atomic E-state index is 10.4. The molecule has 0 bridgehead atoms. The second kappa shape index (κ2) is 7.33. The van der Waals surface area contributed by atoms with Crippen molar-refractivity contribution in [1.82, 2.24) is 0 Å². The van der Waals surface area contributed by atoms with Crippen LogP contribution in [0.15, 0.2) is 59.3 Å². The van der Waals surface area contributed by atoms with Gasteiger partial charge < -0.3 is 19.7 Å². The van der Waals surface area contributed by atoms with Crippen molar-refractivity contribution >= 4 is 5.78 Å². The van der Waals surface area contributed by atoms with E-state index in [1.54, 1.807) is 12.2 Å². The summed E-state index contributed by atoms with van der Waals surface area (Å²) in [5.74, 6) is 0.631. The van der Waals surface area contributed by atoms with Crippen LogP contribution in [0.5, 0.6) is 0 Å². The average molecular weight is 319 g/mol. The number of hydrogen-bond donors (Lipinski definition) is 2. The number of carbonyl (C=O) groups excluding carboxylic acids is 1. The monoisotopic (exact) mass is 319 g/mol. The average Bonchev–Trinajstić information content (AvgIpc) is 2.53. The molecule has 3 N–H and O–H groups in total. The van der Waals surface area contributed by atoms with Crippen molar-refractivity contribution in [1.29, 1.82) is 0 Å². The van der Waals surface area contributed by atoms with E-state index in [-0.39, 0.29) is 24.1 Å². The zero-order valence-electron chi connectivity index (χ0n) is 13.5. The zero-order valence-corrected chi connectivity index (χ0v) is 13.5. The second-order valence-electron chi connectivity index (χ2n) is 5.48. The Morgan fingerprint density at radius 2 is 2.30 bits per heavy atom. The van der Waals surface area contributed by atoms with Crippen molar-refractivity contribution in [3.05, 3.63) is 59.3 Å². The lowest BCUT2D eigenvalue weighted by Gasteiger charge is -2.26.